The molecular formula is C11H18N2O4S. The quantitative estimate of drug-likeness (QED) is 0.888. The lowest BCUT2D eigenvalue weighted by Crippen LogP contribution is -2.32. The van der Waals surface area contributed by atoms with Gasteiger partial charge in [0.15, 0.2) is 9.84 Å². The van der Waals surface area contributed by atoms with Gasteiger partial charge >= 0.3 is 5.97 Å². The molecule has 0 aromatic carbocycles. The number of carbonyl (C=O) groups is 1. The molecule has 0 atom stereocenters. The molecule has 6 nitrogen and oxygen atoms in total. The molecule has 1 aromatic heterocycles. The Morgan fingerprint density at radius 2 is 2.00 bits per heavy atom. The summed E-state index contributed by atoms with van der Waals surface area (Å²) in [6.45, 7) is 6.63. The van der Waals surface area contributed by atoms with E-state index in [1.54, 1.807) is 27.7 Å². The summed E-state index contributed by atoms with van der Waals surface area (Å²) >= 11 is 0. The van der Waals surface area contributed by atoms with Gasteiger partial charge in [-0.3, -0.25) is 0 Å². The number of nitrogens with zero attached hydrogens (tertiary/aromatic N) is 2. The van der Waals surface area contributed by atoms with Crippen LogP contribution in [-0.4, -0.2) is 39.5 Å². The Hall–Kier alpha value is -1.37. The third-order valence-electron chi connectivity index (χ3n) is 2.79. The lowest BCUT2D eigenvalue weighted by molar-refractivity contribution is 0.0685. The zero-order valence-corrected chi connectivity index (χ0v) is 11.8. The van der Waals surface area contributed by atoms with Crippen LogP contribution in [0.25, 0.3) is 0 Å². The van der Waals surface area contributed by atoms with Crippen LogP contribution in [0.5, 0.6) is 0 Å². The molecule has 0 fully saturated rings. The molecule has 1 heterocycles. The van der Waals surface area contributed by atoms with E-state index in [0.29, 0.717) is 5.82 Å². The van der Waals surface area contributed by atoms with Crippen molar-refractivity contribution in [1.82, 2.24) is 9.55 Å². The molecule has 0 spiro atoms. The zero-order chi connectivity index (χ0) is 14.1. The van der Waals surface area contributed by atoms with Crippen molar-refractivity contribution >= 4 is 15.8 Å². The summed E-state index contributed by atoms with van der Waals surface area (Å²) in [6.07, 6.45) is 1.24. The summed E-state index contributed by atoms with van der Waals surface area (Å²) in [7, 11) is -3.27. The molecule has 0 unspecified atom stereocenters. The highest BCUT2D eigenvalue weighted by molar-refractivity contribution is 7.92. The number of aromatic carboxylic acids is 1. The van der Waals surface area contributed by atoms with Crippen molar-refractivity contribution in [2.24, 2.45) is 0 Å². The summed E-state index contributed by atoms with van der Waals surface area (Å²) in [6, 6.07) is 0. The normalized spacial score (nSPS) is 12.7. The Kier molecular flexibility index (Phi) is 3.85. The fraction of sp³-hybridized carbons (Fsp3) is 0.636. The van der Waals surface area contributed by atoms with E-state index in [9.17, 15) is 13.2 Å². The first-order chi connectivity index (χ1) is 8.06. The van der Waals surface area contributed by atoms with Crippen molar-refractivity contribution in [2.75, 3.05) is 5.75 Å². The number of hydrogen-bond acceptors (Lipinski definition) is 4. The van der Waals surface area contributed by atoms with Crippen molar-refractivity contribution in [3.63, 3.8) is 0 Å². The molecule has 0 aliphatic heterocycles. The van der Waals surface area contributed by atoms with Crippen molar-refractivity contribution in [3.05, 3.63) is 17.7 Å². The molecule has 0 amide bonds. The molecule has 18 heavy (non-hydrogen) atoms. The van der Waals surface area contributed by atoms with Crippen molar-refractivity contribution < 1.29 is 18.3 Å². The van der Waals surface area contributed by atoms with Crippen molar-refractivity contribution in [1.29, 1.82) is 0 Å². The Morgan fingerprint density at radius 1 is 1.44 bits per heavy atom. The van der Waals surface area contributed by atoms with E-state index in [1.807, 2.05) is 0 Å². The Bertz CT molecular complexity index is 552. The first-order valence-electron chi connectivity index (χ1n) is 5.54. The Balaban J connectivity index is 2.95. The van der Waals surface area contributed by atoms with Gasteiger partial charge in [-0.15, -0.1) is 0 Å². The van der Waals surface area contributed by atoms with Crippen LogP contribution in [0, 0.1) is 6.92 Å². The van der Waals surface area contributed by atoms with Gasteiger partial charge < -0.3 is 9.67 Å². The molecule has 7 heteroatoms. The van der Waals surface area contributed by atoms with E-state index in [-0.39, 0.29) is 18.0 Å². The number of hydrogen-bond donors (Lipinski definition) is 1. The predicted octanol–water partition coefficient (Wildman–Crippen LogP) is 1.10. The Morgan fingerprint density at radius 3 is 2.44 bits per heavy atom. The highest BCUT2D eigenvalue weighted by Gasteiger charge is 2.29. The molecule has 0 radical (unpaired) electrons. The fourth-order valence-electron chi connectivity index (χ4n) is 1.44. The molecule has 0 bridgehead atoms. The average molecular weight is 274 g/mol. The van der Waals surface area contributed by atoms with Gasteiger partial charge in [0.2, 0.25) is 0 Å². The van der Waals surface area contributed by atoms with Gasteiger partial charge in [-0.2, -0.15) is 0 Å². The first-order valence-corrected chi connectivity index (χ1v) is 7.19. The number of aromatic nitrogens is 2. The highest BCUT2D eigenvalue weighted by atomic mass is 32.2. The van der Waals surface area contributed by atoms with Crippen LogP contribution >= 0.6 is 0 Å². The van der Waals surface area contributed by atoms with Gasteiger partial charge in [-0.1, -0.05) is 0 Å². The van der Waals surface area contributed by atoms with E-state index in [4.69, 9.17) is 5.11 Å². The summed E-state index contributed by atoms with van der Waals surface area (Å²) in [5, 5.41) is 8.96. The molecule has 1 aromatic rings. The summed E-state index contributed by atoms with van der Waals surface area (Å²) in [5.41, 5.74) is 0.0107. The maximum Gasteiger partial charge on any atom is 0.354 e. The minimum Gasteiger partial charge on any atom is -0.477 e. The van der Waals surface area contributed by atoms with Gasteiger partial charge in [0.1, 0.15) is 11.5 Å². The van der Waals surface area contributed by atoms with Crippen molar-refractivity contribution in [2.45, 2.75) is 39.0 Å². The van der Waals surface area contributed by atoms with E-state index in [0.717, 1.165) is 0 Å². The smallest absolute Gasteiger partial charge is 0.354 e. The van der Waals surface area contributed by atoms with Gasteiger partial charge in [-0.05, 0) is 27.7 Å². The van der Waals surface area contributed by atoms with Crippen LogP contribution in [0.2, 0.25) is 0 Å². The summed E-state index contributed by atoms with van der Waals surface area (Å²) in [4.78, 5) is 14.8. The predicted molar refractivity (Wildman–Crippen MR) is 67.5 cm³/mol. The minimum atomic E-state index is -3.27. The van der Waals surface area contributed by atoms with Crippen LogP contribution in [0.3, 0.4) is 0 Å². The monoisotopic (exact) mass is 274 g/mol. The average Bonchev–Trinajstić information content (AvgIpc) is 2.55. The van der Waals surface area contributed by atoms with Crippen molar-refractivity contribution in [3.8, 4) is 0 Å². The second-order valence-electron chi connectivity index (χ2n) is 5.08. The summed E-state index contributed by atoms with van der Waals surface area (Å²) in [5.74, 6) is -0.714. The number of carboxylic acid groups (broad SMARTS) is 1. The molecule has 0 aliphatic rings. The highest BCUT2D eigenvalue weighted by Crippen LogP contribution is 2.17. The van der Waals surface area contributed by atoms with Crippen LogP contribution < -0.4 is 0 Å². The molecule has 0 saturated heterocycles. The third-order valence-corrected chi connectivity index (χ3v) is 5.38. The SMILES string of the molecule is Cc1ncc(C(=O)O)n1CCS(=O)(=O)C(C)(C)C. The lowest BCUT2D eigenvalue weighted by atomic mass is 10.3. The molecule has 1 N–H and O–H groups in total. The first kappa shape index (κ1) is 14.7. The summed E-state index contributed by atoms with van der Waals surface area (Å²) < 4.78 is 24.5. The number of sulfone groups is 1. The molecular weight excluding hydrogens is 256 g/mol. The zero-order valence-electron chi connectivity index (χ0n) is 11.0. The number of rotatable bonds is 4. The fourth-order valence-corrected chi connectivity index (χ4v) is 2.47. The van der Waals surface area contributed by atoms with E-state index in [2.05, 4.69) is 4.98 Å². The van der Waals surface area contributed by atoms with Gasteiger partial charge in [0.05, 0.1) is 16.7 Å². The molecule has 0 saturated carbocycles. The standard InChI is InChI=1S/C11H18N2O4S/c1-8-12-7-9(10(14)15)13(8)5-6-18(16,17)11(2,3)4/h7H,5-6H2,1-4H3,(H,14,15). The molecule has 0 aliphatic carbocycles. The lowest BCUT2D eigenvalue weighted by Gasteiger charge is -2.19. The Labute approximate surface area is 107 Å². The maximum absolute atomic E-state index is 12.0. The van der Waals surface area contributed by atoms with Gasteiger partial charge in [-0.25, -0.2) is 18.2 Å². The second-order valence-corrected chi connectivity index (χ2v) is 7.94. The van der Waals surface area contributed by atoms with Crippen LogP contribution in [-0.2, 0) is 16.4 Å². The van der Waals surface area contributed by atoms with Gasteiger partial charge in [0.25, 0.3) is 0 Å². The largest absolute Gasteiger partial charge is 0.477 e. The third kappa shape index (κ3) is 2.90. The number of carboxylic acids is 1. The van der Waals surface area contributed by atoms with E-state index >= 15 is 0 Å². The number of aryl methyl sites for hydroxylation is 1. The second kappa shape index (κ2) is 4.72. The van der Waals surface area contributed by atoms with E-state index < -0.39 is 20.6 Å². The van der Waals surface area contributed by atoms with E-state index in [1.165, 1.54) is 10.8 Å². The van der Waals surface area contributed by atoms with Crippen LogP contribution in [0.4, 0.5) is 0 Å². The van der Waals surface area contributed by atoms with Crippen LogP contribution in [0.15, 0.2) is 6.20 Å². The molecule has 1 rings (SSSR count). The van der Waals surface area contributed by atoms with Gasteiger partial charge in [0, 0.05) is 6.54 Å². The number of imidazole rings is 1. The van der Waals surface area contributed by atoms with Crippen LogP contribution in [0.1, 0.15) is 37.1 Å². The molecule has 102 valence electrons. The maximum atomic E-state index is 12.0. The topological polar surface area (TPSA) is 89.3 Å². The minimum absolute atomic E-state index is 0.0107.